The summed E-state index contributed by atoms with van der Waals surface area (Å²) in [6.07, 6.45) is -2.29. The maximum atomic E-state index is 13.7. The molecule has 1 N–H and O–H groups in total. The van der Waals surface area contributed by atoms with Gasteiger partial charge in [0, 0.05) is 25.2 Å². The second-order valence-corrected chi connectivity index (χ2v) is 6.06. The summed E-state index contributed by atoms with van der Waals surface area (Å²) in [7, 11) is 2.82. The number of hydrogen-bond donors (Lipinski definition) is 1. The fourth-order valence-electron chi connectivity index (χ4n) is 2.73. The van der Waals surface area contributed by atoms with Gasteiger partial charge in [-0.25, -0.2) is 4.39 Å². The number of ether oxygens (including phenoxy) is 2. The fourth-order valence-corrected chi connectivity index (χ4v) is 2.73. The van der Waals surface area contributed by atoms with E-state index >= 15 is 0 Å². The number of halogens is 4. The molecule has 1 amide bonds. The number of aliphatic imine (C=N–C) groups is 1. The van der Waals surface area contributed by atoms with Crippen LogP contribution in [0.5, 0.6) is 11.5 Å². The fraction of sp³-hybridized carbons (Fsp3) is 0.278. The summed E-state index contributed by atoms with van der Waals surface area (Å²) >= 11 is 0. The highest BCUT2D eigenvalue weighted by atomic mass is 19.4. The van der Waals surface area contributed by atoms with Crippen LogP contribution in [-0.2, 0) is 7.05 Å². The van der Waals surface area contributed by atoms with E-state index < -0.39 is 29.9 Å². The van der Waals surface area contributed by atoms with Crippen molar-refractivity contribution >= 4 is 12.1 Å². The van der Waals surface area contributed by atoms with Crippen molar-refractivity contribution in [2.24, 2.45) is 12.0 Å². The third kappa shape index (κ3) is 4.73. The largest absolute Gasteiger partial charge is 0.573 e. The standard InChI is InChI=1S/C18H16F4N4O3/c1-26-15(11-7-10(28-2)3-4-16(11)29-18(20,21)22)8-14(25-26)17(27)24-13-5-6-23-9-12(13)19/h3-4,6-9,13H,5H2,1-2H3,(H,24,27). The number of alkyl halides is 3. The molecule has 1 atom stereocenters. The molecule has 1 aliphatic rings. The number of carbonyl (C=O) groups excluding carboxylic acids is 1. The Morgan fingerprint density at radius 1 is 1.31 bits per heavy atom. The van der Waals surface area contributed by atoms with Gasteiger partial charge in [0.1, 0.15) is 17.3 Å². The second kappa shape index (κ2) is 7.94. The zero-order valence-electron chi connectivity index (χ0n) is 15.3. The van der Waals surface area contributed by atoms with Crippen molar-refractivity contribution in [2.45, 2.75) is 18.8 Å². The topological polar surface area (TPSA) is 77.7 Å². The zero-order valence-corrected chi connectivity index (χ0v) is 15.3. The summed E-state index contributed by atoms with van der Waals surface area (Å²) in [4.78, 5) is 16.1. The molecule has 0 saturated carbocycles. The van der Waals surface area contributed by atoms with Crippen LogP contribution < -0.4 is 14.8 Å². The summed E-state index contributed by atoms with van der Waals surface area (Å²) in [5.74, 6) is -1.48. The number of methoxy groups -OCH3 is 1. The number of aromatic nitrogens is 2. The lowest BCUT2D eigenvalue weighted by Crippen LogP contribution is -2.36. The molecule has 7 nitrogen and oxygen atoms in total. The molecule has 3 rings (SSSR count). The maximum Gasteiger partial charge on any atom is 0.573 e. The van der Waals surface area contributed by atoms with Gasteiger partial charge in [-0.1, -0.05) is 0 Å². The summed E-state index contributed by atoms with van der Waals surface area (Å²) in [6, 6.07) is 4.15. The van der Waals surface area contributed by atoms with Gasteiger partial charge in [0.2, 0.25) is 0 Å². The first-order valence-corrected chi connectivity index (χ1v) is 8.34. The molecular weight excluding hydrogens is 396 g/mol. The molecule has 11 heteroatoms. The van der Waals surface area contributed by atoms with Crippen LogP contribution in [0.2, 0.25) is 0 Å². The lowest BCUT2D eigenvalue weighted by atomic mass is 10.1. The predicted molar refractivity (Wildman–Crippen MR) is 95.4 cm³/mol. The van der Waals surface area contributed by atoms with E-state index in [1.165, 1.54) is 43.3 Å². The molecule has 1 aliphatic heterocycles. The molecular formula is C18H16F4N4O3. The molecule has 1 aromatic heterocycles. The van der Waals surface area contributed by atoms with Gasteiger partial charge < -0.3 is 14.8 Å². The Balaban J connectivity index is 1.92. The molecule has 29 heavy (non-hydrogen) atoms. The van der Waals surface area contributed by atoms with Crippen LogP contribution in [0.15, 0.2) is 41.3 Å². The van der Waals surface area contributed by atoms with Gasteiger partial charge in [-0.2, -0.15) is 5.10 Å². The summed E-state index contributed by atoms with van der Waals surface area (Å²) in [5, 5.41) is 6.49. The van der Waals surface area contributed by atoms with Crippen LogP contribution in [0, 0.1) is 0 Å². The second-order valence-electron chi connectivity index (χ2n) is 6.06. The Hall–Kier alpha value is -3.37. The lowest BCUT2D eigenvalue weighted by molar-refractivity contribution is -0.274. The van der Waals surface area contributed by atoms with E-state index in [0.717, 1.165) is 12.3 Å². The zero-order chi connectivity index (χ0) is 21.2. The van der Waals surface area contributed by atoms with E-state index in [1.807, 2.05) is 0 Å². The molecule has 1 unspecified atom stereocenters. The van der Waals surface area contributed by atoms with E-state index in [9.17, 15) is 22.4 Å². The van der Waals surface area contributed by atoms with Crippen LogP contribution in [0.3, 0.4) is 0 Å². The average molecular weight is 412 g/mol. The van der Waals surface area contributed by atoms with E-state index in [0.29, 0.717) is 0 Å². The van der Waals surface area contributed by atoms with Gasteiger partial charge in [-0.15, -0.1) is 13.2 Å². The highest BCUT2D eigenvalue weighted by Gasteiger charge is 2.33. The smallest absolute Gasteiger partial charge is 0.497 e. The number of hydrogen-bond acceptors (Lipinski definition) is 5. The highest BCUT2D eigenvalue weighted by molar-refractivity contribution is 5.94. The number of aryl methyl sites for hydroxylation is 1. The molecule has 0 fully saturated rings. The maximum absolute atomic E-state index is 13.7. The van der Waals surface area contributed by atoms with Crippen molar-refractivity contribution in [3.8, 4) is 22.8 Å². The Morgan fingerprint density at radius 2 is 2.07 bits per heavy atom. The van der Waals surface area contributed by atoms with Crippen molar-refractivity contribution in [2.75, 3.05) is 7.11 Å². The van der Waals surface area contributed by atoms with Gasteiger partial charge in [0.05, 0.1) is 25.0 Å². The summed E-state index contributed by atoms with van der Waals surface area (Å²) in [6.45, 7) is 0. The predicted octanol–water partition coefficient (Wildman–Crippen LogP) is 3.38. The quantitative estimate of drug-likeness (QED) is 0.764. The monoisotopic (exact) mass is 412 g/mol. The van der Waals surface area contributed by atoms with Crippen molar-refractivity contribution in [1.82, 2.24) is 15.1 Å². The van der Waals surface area contributed by atoms with Crippen LogP contribution in [-0.4, -0.2) is 41.4 Å². The summed E-state index contributed by atoms with van der Waals surface area (Å²) in [5.41, 5.74) is 0.0970. The van der Waals surface area contributed by atoms with Gasteiger partial charge in [-0.3, -0.25) is 14.5 Å². The van der Waals surface area contributed by atoms with E-state index in [-0.39, 0.29) is 29.1 Å². The minimum Gasteiger partial charge on any atom is -0.497 e. The molecule has 0 bridgehead atoms. The normalized spacial score (nSPS) is 16.3. The number of amides is 1. The Morgan fingerprint density at radius 3 is 2.72 bits per heavy atom. The molecule has 2 aromatic rings. The Labute approximate surface area is 162 Å². The minimum absolute atomic E-state index is 0.0200. The third-order valence-electron chi connectivity index (χ3n) is 4.08. The average Bonchev–Trinajstić information content (AvgIpc) is 3.04. The van der Waals surface area contributed by atoms with Crippen molar-refractivity contribution < 1.29 is 31.8 Å². The minimum atomic E-state index is -4.91. The number of carbonyl (C=O) groups is 1. The van der Waals surface area contributed by atoms with E-state index in [2.05, 4.69) is 20.1 Å². The lowest BCUT2D eigenvalue weighted by Gasteiger charge is -2.15. The van der Waals surface area contributed by atoms with Gasteiger partial charge in [0.25, 0.3) is 5.91 Å². The Bertz CT molecular complexity index is 982. The number of rotatable bonds is 5. The van der Waals surface area contributed by atoms with Gasteiger partial charge in [-0.05, 0) is 24.3 Å². The van der Waals surface area contributed by atoms with Crippen LogP contribution in [0.4, 0.5) is 17.6 Å². The molecule has 2 heterocycles. The Kier molecular flexibility index (Phi) is 5.57. The number of benzene rings is 1. The van der Waals surface area contributed by atoms with Crippen molar-refractivity contribution in [1.29, 1.82) is 0 Å². The van der Waals surface area contributed by atoms with Crippen molar-refractivity contribution in [3.63, 3.8) is 0 Å². The molecule has 154 valence electrons. The molecule has 0 saturated heterocycles. The van der Waals surface area contributed by atoms with Crippen LogP contribution in [0.25, 0.3) is 11.3 Å². The van der Waals surface area contributed by atoms with Crippen molar-refractivity contribution in [3.05, 3.63) is 42.0 Å². The van der Waals surface area contributed by atoms with Gasteiger partial charge >= 0.3 is 6.36 Å². The van der Waals surface area contributed by atoms with E-state index in [4.69, 9.17) is 4.74 Å². The highest BCUT2D eigenvalue weighted by Crippen LogP contribution is 2.36. The first-order valence-electron chi connectivity index (χ1n) is 8.34. The molecule has 0 aliphatic carbocycles. The molecule has 0 radical (unpaired) electrons. The summed E-state index contributed by atoms with van der Waals surface area (Å²) < 4.78 is 62.4. The van der Waals surface area contributed by atoms with Gasteiger partial charge in [0.15, 0.2) is 5.69 Å². The third-order valence-corrected chi connectivity index (χ3v) is 4.08. The molecule has 1 aromatic carbocycles. The van der Waals surface area contributed by atoms with E-state index in [1.54, 1.807) is 0 Å². The van der Waals surface area contributed by atoms with Crippen LogP contribution in [0.1, 0.15) is 16.9 Å². The number of nitrogens with zero attached hydrogens (tertiary/aromatic N) is 3. The molecule has 0 spiro atoms. The first-order chi connectivity index (χ1) is 13.7. The number of nitrogens with one attached hydrogen (secondary N) is 1. The SMILES string of the molecule is COc1ccc(OC(F)(F)F)c(-c2cc(C(=O)NC3CC=NC=C3F)nn2C)c1. The first kappa shape index (κ1) is 20.4. The van der Waals surface area contributed by atoms with Crippen LogP contribution >= 0.6 is 0 Å².